The number of rotatable bonds is 8. The van der Waals surface area contributed by atoms with Gasteiger partial charge < -0.3 is 24.5 Å². The maximum Gasteiger partial charge on any atom is 0.234 e. The predicted molar refractivity (Wildman–Crippen MR) is 108 cm³/mol. The highest BCUT2D eigenvalue weighted by Crippen LogP contribution is 2.25. The number of hydrogen-bond donors (Lipinski definition) is 1. The van der Waals surface area contributed by atoms with Crippen LogP contribution in [0.1, 0.15) is 17.3 Å². The number of nitrogens with one attached hydrogen (secondary N) is 1. The van der Waals surface area contributed by atoms with Gasteiger partial charge in [-0.1, -0.05) is 23.9 Å². The van der Waals surface area contributed by atoms with Crippen LogP contribution in [-0.4, -0.2) is 39.5 Å². The second-order valence-electron chi connectivity index (χ2n) is 5.98. The van der Waals surface area contributed by atoms with Gasteiger partial charge in [-0.05, 0) is 48.9 Å². The van der Waals surface area contributed by atoms with Gasteiger partial charge in [0.25, 0.3) is 0 Å². The summed E-state index contributed by atoms with van der Waals surface area (Å²) < 4.78 is 7.11. The first-order chi connectivity index (χ1) is 14.0. The molecule has 0 atom stereocenters. The van der Waals surface area contributed by atoms with E-state index in [0.717, 1.165) is 17.1 Å². The SMILES string of the molecule is CCn1c(SCC(=O)Nc2ccc(C(=O)[O-])cc2)nnc1-c1ccc(OC)cc1. The number of hydrogen-bond acceptors (Lipinski definition) is 7. The van der Waals surface area contributed by atoms with Crippen LogP contribution in [0.15, 0.2) is 53.7 Å². The van der Waals surface area contributed by atoms with Crippen molar-refractivity contribution in [3.63, 3.8) is 0 Å². The Balaban J connectivity index is 1.64. The zero-order chi connectivity index (χ0) is 20.8. The largest absolute Gasteiger partial charge is 0.545 e. The summed E-state index contributed by atoms with van der Waals surface area (Å²) in [5.41, 5.74) is 1.47. The third kappa shape index (κ3) is 4.94. The summed E-state index contributed by atoms with van der Waals surface area (Å²) in [7, 11) is 1.61. The van der Waals surface area contributed by atoms with Gasteiger partial charge in [0, 0.05) is 17.8 Å². The maximum atomic E-state index is 12.2. The summed E-state index contributed by atoms with van der Waals surface area (Å²) in [5.74, 6) is 0.132. The number of carbonyl (C=O) groups is 2. The van der Waals surface area contributed by atoms with Gasteiger partial charge in [0.05, 0.1) is 18.8 Å². The monoisotopic (exact) mass is 411 g/mol. The first-order valence-corrected chi connectivity index (χ1v) is 9.82. The average Bonchev–Trinajstić information content (AvgIpc) is 3.15. The molecule has 0 radical (unpaired) electrons. The molecule has 9 heteroatoms. The second kappa shape index (κ2) is 9.24. The molecule has 0 aliphatic rings. The molecule has 1 aromatic heterocycles. The summed E-state index contributed by atoms with van der Waals surface area (Å²) in [6.45, 7) is 2.64. The van der Waals surface area contributed by atoms with Gasteiger partial charge in [-0.25, -0.2) is 0 Å². The van der Waals surface area contributed by atoms with Crippen molar-refractivity contribution in [3.8, 4) is 17.1 Å². The number of methoxy groups -OCH3 is 1. The molecule has 0 unspecified atom stereocenters. The Morgan fingerprint density at radius 3 is 2.38 bits per heavy atom. The normalized spacial score (nSPS) is 10.6. The molecule has 29 heavy (non-hydrogen) atoms. The minimum Gasteiger partial charge on any atom is -0.545 e. The minimum absolute atomic E-state index is 0.0551. The number of benzene rings is 2. The predicted octanol–water partition coefficient (Wildman–Crippen LogP) is 2.07. The average molecular weight is 411 g/mol. The standard InChI is InChI=1S/C20H20N4O4S/c1-3-24-18(13-6-10-16(28-2)11-7-13)22-23-20(24)29-12-17(25)21-15-8-4-14(5-9-15)19(26)27/h4-11H,3,12H2,1-2H3,(H,21,25)(H,26,27)/p-1. The summed E-state index contributed by atoms with van der Waals surface area (Å²) in [6, 6.07) is 13.3. The van der Waals surface area contributed by atoms with Crippen LogP contribution in [0.5, 0.6) is 5.75 Å². The van der Waals surface area contributed by atoms with E-state index in [1.807, 2.05) is 35.8 Å². The van der Waals surface area contributed by atoms with E-state index < -0.39 is 5.97 Å². The maximum absolute atomic E-state index is 12.2. The smallest absolute Gasteiger partial charge is 0.234 e. The molecule has 1 amide bonds. The van der Waals surface area contributed by atoms with Crippen molar-refractivity contribution in [1.82, 2.24) is 14.8 Å². The van der Waals surface area contributed by atoms with E-state index in [1.165, 1.54) is 36.0 Å². The van der Waals surface area contributed by atoms with Gasteiger partial charge >= 0.3 is 0 Å². The van der Waals surface area contributed by atoms with Gasteiger partial charge in [0.15, 0.2) is 11.0 Å². The van der Waals surface area contributed by atoms with Crippen LogP contribution < -0.4 is 15.2 Å². The molecule has 150 valence electrons. The number of amides is 1. The Morgan fingerprint density at radius 1 is 1.10 bits per heavy atom. The van der Waals surface area contributed by atoms with E-state index in [1.54, 1.807) is 7.11 Å². The number of aromatic nitrogens is 3. The molecular weight excluding hydrogens is 392 g/mol. The Bertz CT molecular complexity index is 1000. The van der Waals surface area contributed by atoms with E-state index in [0.29, 0.717) is 17.4 Å². The van der Waals surface area contributed by atoms with E-state index in [4.69, 9.17) is 4.74 Å². The van der Waals surface area contributed by atoms with Gasteiger partial charge in [0.1, 0.15) is 5.75 Å². The number of nitrogens with zero attached hydrogens (tertiary/aromatic N) is 3. The summed E-state index contributed by atoms with van der Waals surface area (Å²) >= 11 is 1.28. The van der Waals surface area contributed by atoms with Crippen molar-refractivity contribution in [2.45, 2.75) is 18.6 Å². The zero-order valence-corrected chi connectivity index (χ0v) is 16.7. The van der Waals surface area contributed by atoms with Crippen LogP contribution in [0.25, 0.3) is 11.4 Å². The van der Waals surface area contributed by atoms with Crippen LogP contribution in [0, 0.1) is 0 Å². The van der Waals surface area contributed by atoms with Crippen LogP contribution in [-0.2, 0) is 11.3 Å². The lowest BCUT2D eigenvalue weighted by Crippen LogP contribution is -2.22. The van der Waals surface area contributed by atoms with Gasteiger partial charge in [-0.15, -0.1) is 10.2 Å². The Morgan fingerprint density at radius 2 is 1.79 bits per heavy atom. The zero-order valence-electron chi connectivity index (χ0n) is 15.9. The topological polar surface area (TPSA) is 109 Å². The molecule has 0 aliphatic heterocycles. The van der Waals surface area contributed by atoms with Crippen LogP contribution >= 0.6 is 11.8 Å². The minimum atomic E-state index is -1.26. The van der Waals surface area contributed by atoms with Gasteiger partial charge in [-0.2, -0.15) is 0 Å². The second-order valence-corrected chi connectivity index (χ2v) is 6.92. The van der Waals surface area contributed by atoms with E-state index in [2.05, 4.69) is 15.5 Å². The third-order valence-electron chi connectivity index (χ3n) is 4.12. The number of ether oxygens (including phenoxy) is 1. The summed E-state index contributed by atoms with van der Waals surface area (Å²) in [6.07, 6.45) is 0. The number of carboxylic acid groups (broad SMARTS) is 1. The summed E-state index contributed by atoms with van der Waals surface area (Å²) in [5, 5.41) is 22.6. The Labute approximate surface area is 171 Å². The fourth-order valence-corrected chi connectivity index (χ4v) is 3.45. The molecule has 1 N–H and O–H groups in total. The first-order valence-electron chi connectivity index (χ1n) is 8.83. The Kier molecular flexibility index (Phi) is 6.50. The molecule has 1 heterocycles. The van der Waals surface area contributed by atoms with Crippen molar-refractivity contribution in [2.24, 2.45) is 0 Å². The van der Waals surface area contributed by atoms with Crippen molar-refractivity contribution >= 4 is 29.3 Å². The quantitative estimate of drug-likeness (QED) is 0.565. The van der Waals surface area contributed by atoms with Crippen LogP contribution in [0.3, 0.4) is 0 Å². The lowest BCUT2D eigenvalue weighted by atomic mass is 10.2. The fraction of sp³-hybridized carbons (Fsp3) is 0.200. The number of thioether (sulfide) groups is 1. The highest BCUT2D eigenvalue weighted by atomic mass is 32.2. The van der Waals surface area contributed by atoms with E-state index >= 15 is 0 Å². The van der Waals surface area contributed by atoms with Gasteiger partial charge in [-0.3, -0.25) is 4.79 Å². The number of carboxylic acids is 1. The first kappa shape index (κ1) is 20.4. The lowest BCUT2D eigenvalue weighted by Gasteiger charge is -2.09. The highest BCUT2D eigenvalue weighted by Gasteiger charge is 2.15. The van der Waals surface area contributed by atoms with Crippen molar-refractivity contribution in [1.29, 1.82) is 0 Å². The Hall–Kier alpha value is -3.33. The highest BCUT2D eigenvalue weighted by molar-refractivity contribution is 7.99. The van der Waals surface area contributed by atoms with Crippen molar-refractivity contribution < 1.29 is 19.4 Å². The third-order valence-corrected chi connectivity index (χ3v) is 5.08. The molecule has 0 bridgehead atoms. The molecule has 0 aliphatic carbocycles. The van der Waals surface area contributed by atoms with E-state index in [-0.39, 0.29) is 17.2 Å². The number of carbonyl (C=O) groups excluding carboxylic acids is 2. The van der Waals surface area contributed by atoms with Crippen molar-refractivity contribution in [3.05, 3.63) is 54.1 Å². The molecule has 0 saturated heterocycles. The summed E-state index contributed by atoms with van der Waals surface area (Å²) in [4.78, 5) is 23.0. The molecule has 2 aromatic carbocycles. The van der Waals surface area contributed by atoms with Crippen LogP contribution in [0.4, 0.5) is 5.69 Å². The van der Waals surface area contributed by atoms with E-state index in [9.17, 15) is 14.7 Å². The molecule has 0 fully saturated rings. The lowest BCUT2D eigenvalue weighted by molar-refractivity contribution is -0.255. The molecule has 3 aromatic rings. The molecule has 0 spiro atoms. The van der Waals surface area contributed by atoms with Crippen LogP contribution in [0.2, 0.25) is 0 Å². The van der Waals surface area contributed by atoms with Gasteiger partial charge in [0.2, 0.25) is 5.91 Å². The number of anilines is 1. The molecule has 3 rings (SSSR count). The fourth-order valence-electron chi connectivity index (χ4n) is 2.65. The molecular formula is C20H19N4O4S-. The number of aromatic carboxylic acids is 1. The molecule has 0 saturated carbocycles. The van der Waals surface area contributed by atoms with Crippen molar-refractivity contribution in [2.75, 3.05) is 18.2 Å². The molecule has 8 nitrogen and oxygen atoms in total.